The lowest BCUT2D eigenvalue weighted by molar-refractivity contribution is 0.0742. The summed E-state index contributed by atoms with van der Waals surface area (Å²) >= 11 is 0. The number of aromatic nitrogens is 2. The quantitative estimate of drug-likeness (QED) is 0.786. The Hall–Kier alpha value is -3.02. The fraction of sp³-hybridized carbons (Fsp3) is 0.300. The molecule has 1 N–H and O–H groups in total. The summed E-state index contributed by atoms with van der Waals surface area (Å²) in [4.78, 5) is 17.0. The van der Waals surface area contributed by atoms with E-state index in [9.17, 15) is 4.79 Å². The van der Waals surface area contributed by atoms with Gasteiger partial charge in [-0.2, -0.15) is 5.10 Å². The van der Waals surface area contributed by atoms with Crippen LogP contribution in [0.15, 0.2) is 48.5 Å². The summed E-state index contributed by atoms with van der Waals surface area (Å²) in [5.74, 6) is 0.883. The minimum atomic E-state index is -0.0137. The van der Waals surface area contributed by atoms with Gasteiger partial charge >= 0.3 is 0 Å². The predicted octanol–water partition coefficient (Wildman–Crippen LogP) is 2.92. The highest BCUT2D eigenvalue weighted by atomic mass is 16.5. The summed E-state index contributed by atoms with van der Waals surface area (Å²) in [5, 5.41) is 8.05. The van der Waals surface area contributed by atoms with E-state index in [2.05, 4.69) is 21.2 Å². The Morgan fingerprint density at radius 1 is 1.08 bits per heavy atom. The van der Waals surface area contributed by atoms with Crippen molar-refractivity contribution < 1.29 is 9.53 Å². The number of carbonyl (C=O) groups is 1. The second-order valence-corrected chi connectivity index (χ2v) is 6.30. The van der Waals surface area contributed by atoms with Gasteiger partial charge in [0.1, 0.15) is 5.75 Å². The molecule has 6 heteroatoms. The van der Waals surface area contributed by atoms with Gasteiger partial charge < -0.3 is 14.5 Å². The third-order valence-corrected chi connectivity index (χ3v) is 4.75. The van der Waals surface area contributed by atoms with Gasteiger partial charge in [-0.3, -0.25) is 9.89 Å². The third kappa shape index (κ3) is 2.98. The molecule has 1 fully saturated rings. The van der Waals surface area contributed by atoms with Crippen molar-refractivity contribution in [1.29, 1.82) is 0 Å². The molecule has 2 heterocycles. The molecule has 1 aromatic heterocycles. The van der Waals surface area contributed by atoms with E-state index in [0.717, 1.165) is 35.4 Å². The zero-order chi connectivity index (χ0) is 17.9. The molecular weight excluding hydrogens is 328 g/mol. The first-order valence-electron chi connectivity index (χ1n) is 8.97. The average Bonchev–Trinajstić information content (AvgIpc) is 3.12. The molecule has 4 rings (SSSR count). The van der Waals surface area contributed by atoms with E-state index in [1.807, 2.05) is 54.3 Å². The van der Waals surface area contributed by atoms with E-state index >= 15 is 0 Å². The van der Waals surface area contributed by atoms with Crippen LogP contribution in [0.2, 0.25) is 0 Å². The zero-order valence-corrected chi connectivity index (χ0v) is 14.8. The summed E-state index contributed by atoms with van der Waals surface area (Å²) in [6.07, 6.45) is 0. The van der Waals surface area contributed by atoms with Gasteiger partial charge in [-0.15, -0.1) is 0 Å². The van der Waals surface area contributed by atoms with Gasteiger partial charge in [0.25, 0.3) is 5.91 Å². The lowest BCUT2D eigenvalue weighted by Gasteiger charge is -2.36. The summed E-state index contributed by atoms with van der Waals surface area (Å²) in [6.45, 7) is 5.51. The number of ether oxygens (including phenoxy) is 1. The molecule has 1 saturated heterocycles. The fourth-order valence-corrected chi connectivity index (χ4v) is 3.42. The van der Waals surface area contributed by atoms with Crippen LogP contribution in [0.25, 0.3) is 10.9 Å². The molecule has 0 atom stereocenters. The van der Waals surface area contributed by atoms with Crippen LogP contribution in [0.1, 0.15) is 17.4 Å². The lowest BCUT2D eigenvalue weighted by atomic mass is 10.1. The second kappa shape index (κ2) is 7.07. The molecule has 0 spiro atoms. The Balaban J connectivity index is 1.48. The smallest absolute Gasteiger partial charge is 0.275 e. The lowest BCUT2D eigenvalue weighted by Crippen LogP contribution is -2.49. The average molecular weight is 350 g/mol. The van der Waals surface area contributed by atoms with Gasteiger partial charge in [-0.25, -0.2) is 0 Å². The zero-order valence-electron chi connectivity index (χ0n) is 14.8. The van der Waals surface area contributed by atoms with Crippen molar-refractivity contribution in [3.8, 4) is 5.75 Å². The number of para-hydroxylation sites is 3. The van der Waals surface area contributed by atoms with Gasteiger partial charge in [-0.05, 0) is 25.1 Å². The molecule has 26 heavy (non-hydrogen) atoms. The molecule has 6 nitrogen and oxygen atoms in total. The fourth-order valence-electron chi connectivity index (χ4n) is 3.42. The molecule has 3 aromatic rings. The standard InChI is InChI=1S/C20H22N4O2/c1-2-26-18-10-6-5-9-17(18)23-11-13-24(14-12-23)20(25)19-15-7-3-4-8-16(15)21-22-19/h3-10H,2,11-14H2,1H3,(H,21,22). The molecule has 134 valence electrons. The van der Waals surface area contributed by atoms with Crippen molar-refractivity contribution in [2.45, 2.75) is 6.92 Å². The number of carbonyl (C=O) groups excluding carboxylic acids is 1. The maximum absolute atomic E-state index is 12.9. The number of fused-ring (bicyclic) bond motifs is 1. The topological polar surface area (TPSA) is 61.5 Å². The number of rotatable bonds is 4. The maximum atomic E-state index is 12.9. The van der Waals surface area contributed by atoms with Crippen LogP contribution < -0.4 is 9.64 Å². The third-order valence-electron chi connectivity index (χ3n) is 4.75. The van der Waals surface area contributed by atoms with Crippen LogP contribution in [-0.2, 0) is 0 Å². The highest BCUT2D eigenvalue weighted by molar-refractivity contribution is 6.04. The minimum Gasteiger partial charge on any atom is -0.492 e. The maximum Gasteiger partial charge on any atom is 0.275 e. The van der Waals surface area contributed by atoms with Crippen LogP contribution in [0, 0.1) is 0 Å². The van der Waals surface area contributed by atoms with Crippen LogP contribution in [0.4, 0.5) is 5.69 Å². The van der Waals surface area contributed by atoms with Crippen molar-refractivity contribution >= 4 is 22.5 Å². The van der Waals surface area contributed by atoms with E-state index < -0.39 is 0 Å². The normalized spacial score (nSPS) is 14.7. The first kappa shape index (κ1) is 16.4. The van der Waals surface area contributed by atoms with Gasteiger partial charge in [0.05, 0.1) is 17.8 Å². The number of nitrogens with one attached hydrogen (secondary N) is 1. The van der Waals surface area contributed by atoms with Gasteiger partial charge in [-0.1, -0.05) is 30.3 Å². The van der Waals surface area contributed by atoms with Crippen LogP contribution in [0.5, 0.6) is 5.75 Å². The minimum absolute atomic E-state index is 0.0137. The molecule has 0 bridgehead atoms. The van der Waals surface area contributed by atoms with Crippen molar-refractivity contribution in [2.24, 2.45) is 0 Å². The molecule has 1 amide bonds. The van der Waals surface area contributed by atoms with Gasteiger partial charge in [0.2, 0.25) is 0 Å². The SMILES string of the molecule is CCOc1ccccc1N1CCN(C(=O)c2n[nH]c3ccccc23)CC1. The monoisotopic (exact) mass is 350 g/mol. The number of amides is 1. The van der Waals surface area contributed by atoms with Crippen molar-refractivity contribution in [3.05, 3.63) is 54.2 Å². The molecule has 1 aliphatic heterocycles. The van der Waals surface area contributed by atoms with E-state index in [-0.39, 0.29) is 5.91 Å². The van der Waals surface area contributed by atoms with Crippen molar-refractivity contribution in [1.82, 2.24) is 15.1 Å². The number of nitrogens with zero attached hydrogens (tertiary/aromatic N) is 3. The van der Waals surface area contributed by atoms with Crippen molar-refractivity contribution in [2.75, 3.05) is 37.7 Å². The predicted molar refractivity (Wildman–Crippen MR) is 102 cm³/mol. The molecule has 0 radical (unpaired) electrons. The number of aromatic amines is 1. The van der Waals surface area contributed by atoms with Gasteiger partial charge in [0, 0.05) is 31.6 Å². The van der Waals surface area contributed by atoms with Crippen LogP contribution in [-0.4, -0.2) is 53.8 Å². The van der Waals surface area contributed by atoms with E-state index in [0.29, 0.717) is 25.4 Å². The number of hydrogen-bond donors (Lipinski definition) is 1. The Morgan fingerprint density at radius 2 is 1.81 bits per heavy atom. The molecular formula is C20H22N4O2. The van der Waals surface area contributed by atoms with Crippen LogP contribution >= 0.6 is 0 Å². The van der Waals surface area contributed by atoms with Gasteiger partial charge in [0.15, 0.2) is 5.69 Å². The largest absolute Gasteiger partial charge is 0.492 e. The Labute approximate surface area is 152 Å². The second-order valence-electron chi connectivity index (χ2n) is 6.30. The number of H-pyrrole nitrogens is 1. The highest BCUT2D eigenvalue weighted by Crippen LogP contribution is 2.29. The number of benzene rings is 2. The number of hydrogen-bond acceptors (Lipinski definition) is 4. The Morgan fingerprint density at radius 3 is 2.62 bits per heavy atom. The number of piperazine rings is 1. The van der Waals surface area contributed by atoms with Crippen molar-refractivity contribution in [3.63, 3.8) is 0 Å². The molecule has 0 aliphatic carbocycles. The summed E-state index contributed by atoms with van der Waals surface area (Å²) in [6, 6.07) is 15.8. The number of anilines is 1. The summed E-state index contributed by atoms with van der Waals surface area (Å²) in [5.41, 5.74) is 2.48. The molecule has 0 saturated carbocycles. The molecule has 1 aliphatic rings. The van der Waals surface area contributed by atoms with E-state index in [1.165, 1.54) is 0 Å². The summed E-state index contributed by atoms with van der Waals surface area (Å²) in [7, 11) is 0. The van der Waals surface area contributed by atoms with Crippen LogP contribution in [0.3, 0.4) is 0 Å². The molecule has 0 unspecified atom stereocenters. The van der Waals surface area contributed by atoms with E-state index in [4.69, 9.17) is 4.74 Å². The molecule has 2 aromatic carbocycles. The first-order valence-corrected chi connectivity index (χ1v) is 8.97. The van der Waals surface area contributed by atoms with E-state index in [1.54, 1.807) is 0 Å². The summed E-state index contributed by atoms with van der Waals surface area (Å²) < 4.78 is 5.74. The highest BCUT2D eigenvalue weighted by Gasteiger charge is 2.26. The Kier molecular flexibility index (Phi) is 4.48. The first-order chi connectivity index (χ1) is 12.8. The Bertz CT molecular complexity index is 913.